The van der Waals surface area contributed by atoms with Crippen molar-refractivity contribution in [3.05, 3.63) is 29.8 Å². The minimum absolute atomic E-state index is 0. The summed E-state index contributed by atoms with van der Waals surface area (Å²) in [5, 5.41) is 0. The van der Waals surface area contributed by atoms with Gasteiger partial charge >= 0.3 is 29.6 Å². The van der Waals surface area contributed by atoms with Crippen molar-refractivity contribution >= 4 is 39.7 Å². The molecule has 0 saturated heterocycles. The van der Waals surface area contributed by atoms with E-state index >= 15 is 0 Å². The van der Waals surface area contributed by atoms with E-state index < -0.39 is 10.1 Å². The molecule has 0 N–H and O–H groups in total. The number of rotatable bonds is 16. The molecule has 5 nitrogen and oxygen atoms in total. The van der Waals surface area contributed by atoms with Crippen LogP contribution in [-0.4, -0.2) is 70.2 Å². The fourth-order valence-corrected chi connectivity index (χ4v) is 2.97. The maximum atomic E-state index is 11.1. The number of hydrogen-bond donors (Lipinski definition) is 0. The molecule has 0 spiro atoms. The molecular formula is C20H35NaO5S. The van der Waals surface area contributed by atoms with E-state index in [-0.39, 0.29) is 48.5 Å². The van der Waals surface area contributed by atoms with Crippen molar-refractivity contribution in [2.45, 2.75) is 58.8 Å². The van der Waals surface area contributed by atoms with Gasteiger partial charge in [-0.05, 0) is 37.5 Å². The molecule has 152 valence electrons. The standard InChI is InChI=1S/C20H34O5S.Na.H/c1-3-5-6-7-8-9-10-19-11-13-20(14-12-19)24-17-15-23-16-18-25-26(21,22)4-2;;/h11-14H,3-10,15-18H2,1-2H3;;. The molecule has 27 heavy (non-hydrogen) atoms. The third-order valence-electron chi connectivity index (χ3n) is 4.08. The van der Waals surface area contributed by atoms with Gasteiger partial charge in [0.05, 0.1) is 25.6 Å². The van der Waals surface area contributed by atoms with Crippen LogP contribution in [0.15, 0.2) is 24.3 Å². The summed E-state index contributed by atoms with van der Waals surface area (Å²) in [7, 11) is -3.38. The second-order valence-corrected chi connectivity index (χ2v) is 8.22. The van der Waals surface area contributed by atoms with Gasteiger partial charge in [0.2, 0.25) is 0 Å². The van der Waals surface area contributed by atoms with Gasteiger partial charge in [-0.25, -0.2) is 0 Å². The molecule has 0 radical (unpaired) electrons. The number of hydrogen-bond acceptors (Lipinski definition) is 5. The summed E-state index contributed by atoms with van der Waals surface area (Å²) >= 11 is 0. The number of aryl methyl sites for hydroxylation is 1. The summed E-state index contributed by atoms with van der Waals surface area (Å²) in [5.41, 5.74) is 1.35. The SMILES string of the molecule is CCCCCCCCc1ccc(OCCOCCOS(=O)(=O)CC)cc1.[NaH]. The first-order valence-electron chi connectivity index (χ1n) is 9.74. The monoisotopic (exact) mass is 410 g/mol. The average Bonchev–Trinajstić information content (AvgIpc) is 2.65. The molecule has 0 aliphatic rings. The minimum atomic E-state index is -3.38. The van der Waals surface area contributed by atoms with E-state index in [4.69, 9.17) is 13.7 Å². The Balaban J connectivity index is 0.00000676. The van der Waals surface area contributed by atoms with Gasteiger partial charge < -0.3 is 9.47 Å². The van der Waals surface area contributed by atoms with Crippen LogP contribution in [0.4, 0.5) is 0 Å². The summed E-state index contributed by atoms with van der Waals surface area (Å²) in [6, 6.07) is 8.21. The fraction of sp³-hybridized carbons (Fsp3) is 0.700. The molecule has 0 atom stereocenters. The Hall–Kier alpha value is -0.110. The van der Waals surface area contributed by atoms with Crippen LogP contribution in [0.2, 0.25) is 0 Å². The molecule has 7 heteroatoms. The molecule has 0 heterocycles. The molecule has 0 bridgehead atoms. The Kier molecular flexibility index (Phi) is 16.7. The van der Waals surface area contributed by atoms with Gasteiger partial charge in [0.15, 0.2) is 0 Å². The predicted octanol–water partition coefficient (Wildman–Crippen LogP) is 3.70. The van der Waals surface area contributed by atoms with Gasteiger partial charge in [-0.1, -0.05) is 51.2 Å². The fourth-order valence-electron chi connectivity index (χ4n) is 2.49. The first-order chi connectivity index (χ1) is 12.6. The van der Waals surface area contributed by atoms with E-state index in [1.54, 1.807) is 6.92 Å². The molecule has 0 aliphatic heterocycles. The van der Waals surface area contributed by atoms with Gasteiger partial charge in [0.25, 0.3) is 10.1 Å². The van der Waals surface area contributed by atoms with Crippen LogP contribution >= 0.6 is 0 Å². The molecule has 0 saturated carbocycles. The normalized spacial score (nSPS) is 11.2. The Morgan fingerprint density at radius 3 is 2.11 bits per heavy atom. The van der Waals surface area contributed by atoms with E-state index in [1.807, 2.05) is 12.1 Å². The second-order valence-electron chi connectivity index (χ2n) is 6.29. The van der Waals surface area contributed by atoms with Crippen LogP contribution in [0.25, 0.3) is 0 Å². The summed E-state index contributed by atoms with van der Waals surface area (Å²) in [6.07, 6.45) is 9.00. The zero-order chi connectivity index (χ0) is 19.1. The quantitative estimate of drug-likeness (QED) is 0.236. The molecule has 1 aromatic rings. The molecule has 0 fully saturated rings. The first kappa shape index (κ1) is 26.9. The van der Waals surface area contributed by atoms with Gasteiger partial charge in [0, 0.05) is 0 Å². The zero-order valence-electron chi connectivity index (χ0n) is 16.2. The van der Waals surface area contributed by atoms with E-state index in [1.165, 1.54) is 44.1 Å². The topological polar surface area (TPSA) is 61.8 Å². The van der Waals surface area contributed by atoms with Gasteiger partial charge in [-0.3, -0.25) is 4.18 Å². The van der Waals surface area contributed by atoms with Crippen LogP contribution in [0.5, 0.6) is 5.75 Å². The van der Waals surface area contributed by atoms with Crippen molar-refractivity contribution in [2.75, 3.05) is 32.2 Å². The third-order valence-corrected chi connectivity index (χ3v) is 5.32. The van der Waals surface area contributed by atoms with Crippen LogP contribution in [-0.2, 0) is 25.5 Å². The van der Waals surface area contributed by atoms with Crippen molar-refractivity contribution in [3.8, 4) is 5.75 Å². The molecule has 0 aromatic heterocycles. The molecule has 1 rings (SSSR count). The van der Waals surface area contributed by atoms with Crippen molar-refractivity contribution in [3.63, 3.8) is 0 Å². The van der Waals surface area contributed by atoms with E-state index in [0.717, 1.165) is 12.2 Å². The number of benzene rings is 1. The molecule has 0 unspecified atom stereocenters. The van der Waals surface area contributed by atoms with Gasteiger partial charge in [-0.15, -0.1) is 0 Å². The third kappa shape index (κ3) is 14.5. The Morgan fingerprint density at radius 1 is 0.815 bits per heavy atom. The van der Waals surface area contributed by atoms with Crippen LogP contribution in [0.1, 0.15) is 57.9 Å². The van der Waals surface area contributed by atoms with Gasteiger partial charge in [0.1, 0.15) is 12.4 Å². The molecule has 0 amide bonds. The van der Waals surface area contributed by atoms with E-state index in [2.05, 4.69) is 19.1 Å². The predicted molar refractivity (Wildman–Crippen MR) is 112 cm³/mol. The summed E-state index contributed by atoms with van der Waals surface area (Å²) in [5.74, 6) is 0.801. The molecular weight excluding hydrogens is 375 g/mol. The van der Waals surface area contributed by atoms with E-state index in [9.17, 15) is 8.42 Å². The zero-order valence-corrected chi connectivity index (χ0v) is 17.1. The summed E-state index contributed by atoms with van der Waals surface area (Å²) in [4.78, 5) is 0. The van der Waals surface area contributed by atoms with Crippen molar-refractivity contribution < 1.29 is 22.1 Å². The summed E-state index contributed by atoms with van der Waals surface area (Å²) < 4.78 is 37.9. The van der Waals surface area contributed by atoms with Crippen molar-refractivity contribution in [1.29, 1.82) is 0 Å². The Labute approximate surface area is 187 Å². The molecule has 0 aliphatic carbocycles. The van der Waals surface area contributed by atoms with Gasteiger partial charge in [-0.2, -0.15) is 8.42 Å². The Morgan fingerprint density at radius 2 is 1.44 bits per heavy atom. The van der Waals surface area contributed by atoms with Crippen LogP contribution in [0.3, 0.4) is 0 Å². The Bertz CT molecular complexity index is 560. The van der Waals surface area contributed by atoms with Crippen LogP contribution in [0, 0.1) is 0 Å². The maximum absolute atomic E-state index is 11.1. The summed E-state index contributed by atoms with van der Waals surface area (Å²) in [6.45, 7) is 4.89. The van der Waals surface area contributed by atoms with Crippen LogP contribution < -0.4 is 4.74 Å². The van der Waals surface area contributed by atoms with E-state index in [0.29, 0.717) is 13.2 Å². The second kappa shape index (κ2) is 16.8. The van der Waals surface area contributed by atoms with Crippen molar-refractivity contribution in [1.82, 2.24) is 0 Å². The average molecular weight is 411 g/mol. The first-order valence-corrected chi connectivity index (χ1v) is 11.3. The van der Waals surface area contributed by atoms with Crippen molar-refractivity contribution in [2.24, 2.45) is 0 Å². The molecule has 1 aromatic carbocycles. The number of ether oxygens (including phenoxy) is 2. The number of unbranched alkanes of at least 4 members (excludes halogenated alkanes) is 5.